The molecule has 45 heavy (non-hydrogen) atoms. The molecule has 0 spiro atoms. The molecule has 1 saturated heterocycles. The van der Waals surface area contributed by atoms with Crippen LogP contribution in [-0.2, 0) is 4.79 Å². The zero-order chi connectivity index (χ0) is 32.9. The quantitative estimate of drug-likeness (QED) is 0.136. The lowest BCUT2D eigenvalue weighted by Crippen LogP contribution is -2.49. The average molecular weight is 690 g/mol. The number of anilines is 1. The largest absolute Gasteiger partial charge is 0.504 e. The van der Waals surface area contributed by atoms with Crippen molar-refractivity contribution in [2.45, 2.75) is 26.7 Å². The van der Waals surface area contributed by atoms with E-state index in [1.54, 1.807) is 24.1 Å². The number of aryl methyl sites for hydroxylation is 1. The van der Waals surface area contributed by atoms with Crippen molar-refractivity contribution in [2.24, 2.45) is 0 Å². The number of carbonyl (C=O) groups is 1. The number of benzene rings is 1. The number of aromatic nitrogens is 3. The summed E-state index contributed by atoms with van der Waals surface area (Å²) in [6.45, 7) is 10.4. The van der Waals surface area contributed by atoms with Crippen LogP contribution in [0.1, 0.15) is 36.6 Å². The molecule has 9 nitrogen and oxygen atoms in total. The van der Waals surface area contributed by atoms with Crippen LogP contribution in [0.4, 0.5) is 10.1 Å². The molecule has 1 N–H and O–H groups in total. The minimum atomic E-state index is -1.22. The number of hydrogen-bond donors (Lipinski definition) is 1. The van der Waals surface area contributed by atoms with E-state index >= 15 is 0 Å². The van der Waals surface area contributed by atoms with Gasteiger partial charge in [-0.3, -0.25) is 19.1 Å². The van der Waals surface area contributed by atoms with Crippen molar-refractivity contribution >= 4 is 69.0 Å². The van der Waals surface area contributed by atoms with Crippen molar-refractivity contribution in [1.82, 2.24) is 19.4 Å². The number of phenolic OH excluding ortho intramolecular Hbond substituents is 1. The van der Waals surface area contributed by atoms with Gasteiger partial charge in [-0.15, -0.1) is 0 Å². The van der Waals surface area contributed by atoms with Gasteiger partial charge in [0.2, 0.25) is 5.91 Å². The van der Waals surface area contributed by atoms with Crippen molar-refractivity contribution in [3.05, 3.63) is 84.1 Å². The summed E-state index contributed by atoms with van der Waals surface area (Å²) in [4.78, 5) is 39.4. The SMILES string of the molecule is C=CC(=O)N1CCN(c2c(C#N)c(=O)n(-c3c(C)ccnc3C(C)C)c3nc(-c4c(Cl)c(O)c(F)c(Cl)c4Cl)c(Cl)cc23)CC1. The van der Waals surface area contributed by atoms with Gasteiger partial charge in [0, 0.05) is 43.3 Å². The summed E-state index contributed by atoms with van der Waals surface area (Å²) in [6, 6.07) is 5.33. The average Bonchev–Trinajstić information content (AvgIpc) is 3.02. The minimum Gasteiger partial charge on any atom is -0.504 e. The third-order valence-corrected chi connectivity index (χ3v) is 9.16. The molecule has 14 heteroatoms. The maximum absolute atomic E-state index is 14.5. The van der Waals surface area contributed by atoms with Crippen molar-refractivity contribution in [1.29, 1.82) is 5.26 Å². The van der Waals surface area contributed by atoms with Crippen LogP contribution in [-0.4, -0.2) is 56.6 Å². The van der Waals surface area contributed by atoms with Crippen molar-refractivity contribution < 1.29 is 14.3 Å². The Balaban J connectivity index is 1.93. The number of nitriles is 1. The van der Waals surface area contributed by atoms with Crippen molar-refractivity contribution in [3.8, 4) is 28.8 Å². The molecule has 0 unspecified atom stereocenters. The first-order chi connectivity index (χ1) is 21.3. The first-order valence-corrected chi connectivity index (χ1v) is 15.2. The fraction of sp³-hybridized carbons (Fsp3) is 0.258. The van der Waals surface area contributed by atoms with E-state index < -0.39 is 27.2 Å². The van der Waals surface area contributed by atoms with Crippen LogP contribution < -0.4 is 10.5 Å². The molecule has 5 rings (SSSR count). The molecule has 0 radical (unpaired) electrons. The zero-order valence-electron chi connectivity index (χ0n) is 24.3. The number of halogens is 5. The highest BCUT2D eigenvalue weighted by Gasteiger charge is 2.31. The number of carbonyl (C=O) groups excluding carboxylic acids is 1. The fourth-order valence-electron chi connectivity index (χ4n) is 5.47. The molecule has 4 heterocycles. The number of piperazine rings is 1. The van der Waals surface area contributed by atoms with Gasteiger partial charge < -0.3 is 14.9 Å². The molecule has 0 atom stereocenters. The minimum absolute atomic E-state index is 0.0313. The van der Waals surface area contributed by atoms with E-state index in [0.29, 0.717) is 48.5 Å². The lowest BCUT2D eigenvalue weighted by atomic mass is 10.0. The Bertz CT molecular complexity index is 1990. The fourth-order valence-corrected chi connectivity index (χ4v) is 6.49. The third kappa shape index (κ3) is 5.38. The van der Waals surface area contributed by atoms with Crippen LogP contribution in [0.3, 0.4) is 0 Å². The van der Waals surface area contributed by atoms with Gasteiger partial charge in [0.25, 0.3) is 5.56 Å². The molecular formula is C31H25Cl4FN6O3. The number of pyridine rings is 3. The lowest BCUT2D eigenvalue weighted by molar-refractivity contribution is -0.126. The van der Waals surface area contributed by atoms with Gasteiger partial charge in [0.05, 0.1) is 42.9 Å². The first kappa shape index (κ1) is 32.5. The van der Waals surface area contributed by atoms with Crippen LogP contribution in [0.2, 0.25) is 20.1 Å². The highest BCUT2D eigenvalue weighted by molar-refractivity contribution is 6.47. The number of rotatable bonds is 5. The van der Waals surface area contributed by atoms with E-state index in [-0.39, 0.29) is 50.0 Å². The topological polar surface area (TPSA) is 115 Å². The monoisotopic (exact) mass is 688 g/mol. The first-order valence-electron chi connectivity index (χ1n) is 13.7. The van der Waals surface area contributed by atoms with Crippen LogP contribution in [0.15, 0.2) is 35.8 Å². The Morgan fingerprint density at radius 3 is 2.40 bits per heavy atom. The second kappa shape index (κ2) is 12.5. The second-order valence-electron chi connectivity index (χ2n) is 10.7. The number of amides is 1. The molecule has 0 saturated carbocycles. The van der Waals surface area contributed by atoms with E-state index in [9.17, 15) is 24.3 Å². The van der Waals surface area contributed by atoms with E-state index in [1.165, 1.54) is 16.7 Å². The number of nitrogens with zero attached hydrogens (tertiary/aromatic N) is 6. The van der Waals surface area contributed by atoms with Crippen LogP contribution >= 0.6 is 46.4 Å². The third-order valence-electron chi connectivity index (χ3n) is 7.67. The number of fused-ring (bicyclic) bond motifs is 1. The molecule has 0 bridgehead atoms. The van der Waals surface area contributed by atoms with E-state index in [4.69, 9.17) is 51.4 Å². The second-order valence-corrected chi connectivity index (χ2v) is 12.2. The van der Waals surface area contributed by atoms with Gasteiger partial charge in [-0.1, -0.05) is 66.8 Å². The molecular weight excluding hydrogens is 665 g/mol. The molecule has 1 aliphatic heterocycles. The highest BCUT2D eigenvalue weighted by Crippen LogP contribution is 2.48. The van der Waals surface area contributed by atoms with Crippen LogP contribution in [0, 0.1) is 24.1 Å². The molecule has 1 aromatic carbocycles. The van der Waals surface area contributed by atoms with Gasteiger partial charge in [-0.05, 0) is 36.6 Å². The van der Waals surface area contributed by atoms with Gasteiger partial charge >= 0.3 is 0 Å². The summed E-state index contributed by atoms with van der Waals surface area (Å²) in [5, 5.41) is 19.6. The Labute approximate surface area is 277 Å². The standard InChI is InChI=1S/C31H25Cl4FN6O3/c1-5-19(43)40-8-10-41(11-9-40)28-16-12-18(32)26(20-21(33)23(35)24(36)29(44)22(20)34)39-30(16)42(31(45)17(28)13-37)27-15(4)6-7-38-25(27)14(2)3/h5-7,12,14,44H,1,8-11H2,2-4H3. The van der Waals surface area contributed by atoms with Gasteiger partial charge in [0.15, 0.2) is 11.6 Å². The predicted molar refractivity (Wildman–Crippen MR) is 175 cm³/mol. The summed E-state index contributed by atoms with van der Waals surface area (Å²) < 4.78 is 15.8. The van der Waals surface area contributed by atoms with Gasteiger partial charge in [-0.2, -0.15) is 5.26 Å². The maximum atomic E-state index is 14.5. The normalized spacial score (nSPS) is 13.4. The molecule has 1 fully saturated rings. The summed E-state index contributed by atoms with van der Waals surface area (Å²) in [5.74, 6) is -2.53. The van der Waals surface area contributed by atoms with Crippen LogP contribution in [0.5, 0.6) is 5.75 Å². The number of aromatic hydroxyl groups is 1. The smallest absolute Gasteiger partial charge is 0.276 e. The van der Waals surface area contributed by atoms with Gasteiger partial charge in [0.1, 0.15) is 17.3 Å². The maximum Gasteiger partial charge on any atom is 0.276 e. The number of phenols is 1. The van der Waals surface area contributed by atoms with Crippen molar-refractivity contribution in [2.75, 3.05) is 31.1 Å². The van der Waals surface area contributed by atoms with E-state index in [0.717, 1.165) is 0 Å². The van der Waals surface area contributed by atoms with E-state index in [1.807, 2.05) is 18.7 Å². The van der Waals surface area contributed by atoms with Gasteiger partial charge in [-0.25, -0.2) is 9.37 Å². The molecule has 4 aromatic rings. The Hall–Kier alpha value is -3.88. The summed E-state index contributed by atoms with van der Waals surface area (Å²) >= 11 is 25.7. The highest BCUT2D eigenvalue weighted by atomic mass is 35.5. The molecule has 0 aliphatic carbocycles. The predicted octanol–water partition coefficient (Wildman–Crippen LogP) is 7.04. The lowest BCUT2D eigenvalue weighted by Gasteiger charge is -2.36. The number of hydrogen-bond acceptors (Lipinski definition) is 7. The van der Waals surface area contributed by atoms with Crippen molar-refractivity contribution in [3.63, 3.8) is 0 Å². The molecule has 3 aromatic heterocycles. The van der Waals surface area contributed by atoms with E-state index in [2.05, 4.69) is 17.6 Å². The Kier molecular flexibility index (Phi) is 9.02. The summed E-state index contributed by atoms with van der Waals surface area (Å²) in [6.07, 6.45) is 2.86. The van der Waals surface area contributed by atoms with Crippen LogP contribution in [0.25, 0.3) is 28.0 Å². The summed E-state index contributed by atoms with van der Waals surface area (Å²) in [7, 11) is 0. The molecule has 1 amide bonds. The zero-order valence-corrected chi connectivity index (χ0v) is 27.3. The Morgan fingerprint density at radius 2 is 1.80 bits per heavy atom. The molecule has 1 aliphatic rings. The molecule has 232 valence electrons. The summed E-state index contributed by atoms with van der Waals surface area (Å²) in [5.41, 5.74) is 0.967. The Morgan fingerprint density at radius 1 is 1.13 bits per heavy atom.